The molecule has 0 aliphatic rings. The van der Waals surface area contributed by atoms with Gasteiger partial charge in [-0.15, -0.1) is 0 Å². The van der Waals surface area contributed by atoms with Gasteiger partial charge in [0.25, 0.3) is 0 Å². The second-order valence-corrected chi connectivity index (χ2v) is 4.91. The lowest BCUT2D eigenvalue weighted by Gasteiger charge is -2.11. The Morgan fingerprint density at radius 1 is 1.11 bits per heavy atom. The van der Waals surface area contributed by atoms with Crippen molar-refractivity contribution in [1.82, 2.24) is 0 Å². The molecule has 0 radical (unpaired) electrons. The quantitative estimate of drug-likeness (QED) is 0.792. The summed E-state index contributed by atoms with van der Waals surface area (Å²) >= 11 is 10.8. The van der Waals surface area contributed by atoms with Crippen LogP contribution in [0, 0.1) is 12.7 Å². The van der Waals surface area contributed by atoms with Crippen LogP contribution in [0.5, 0.6) is 0 Å². The molecular formula is C14H12ClFN2S. The van der Waals surface area contributed by atoms with Crippen molar-refractivity contribution in [3.05, 3.63) is 58.9 Å². The molecule has 0 saturated heterocycles. The molecule has 0 atom stereocenters. The Bertz CT molecular complexity index is 599. The normalized spacial score (nSPS) is 10.1. The number of benzene rings is 2. The molecule has 0 aromatic heterocycles. The topological polar surface area (TPSA) is 24.1 Å². The molecule has 0 spiro atoms. The maximum absolute atomic E-state index is 13.6. The minimum Gasteiger partial charge on any atom is -0.332 e. The molecule has 0 saturated carbocycles. The van der Waals surface area contributed by atoms with Crippen molar-refractivity contribution in [3.63, 3.8) is 0 Å². The zero-order chi connectivity index (χ0) is 13.8. The third-order valence-electron chi connectivity index (χ3n) is 2.49. The summed E-state index contributed by atoms with van der Waals surface area (Å²) in [5.74, 6) is -0.444. The van der Waals surface area contributed by atoms with E-state index in [2.05, 4.69) is 10.6 Å². The summed E-state index contributed by atoms with van der Waals surface area (Å²) in [4.78, 5) is 0. The summed E-state index contributed by atoms with van der Waals surface area (Å²) in [5.41, 5.74) is 2.29. The van der Waals surface area contributed by atoms with Crippen molar-refractivity contribution in [2.75, 3.05) is 10.6 Å². The standard InChI is InChI=1S/C14H12ClFN2S/c1-9-2-5-11(6-3-9)17-14(19)18-13-7-4-10(15)8-12(13)16/h2-8H,1H3,(H2,17,18,19). The first-order valence-electron chi connectivity index (χ1n) is 5.64. The van der Waals surface area contributed by atoms with Crippen LogP contribution in [-0.4, -0.2) is 5.11 Å². The lowest BCUT2D eigenvalue weighted by Crippen LogP contribution is -2.19. The molecule has 0 amide bonds. The Morgan fingerprint density at radius 3 is 2.42 bits per heavy atom. The number of hydrogen-bond donors (Lipinski definition) is 2. The van der Waals surface area contributed by atoms with Gasteiger partial charge in [-0.2, -0.15) is 0 Å². The van der Waals surface area contributed by atoms with Crippen LogP contribution >= 0.6 is 23.8 Å². The van der Waals surface area contributed by atoms with E-state index in [0.29, 0.717) is 10.1 Å². The van der Waals surface area contributed by atoms with Crippen LogP contribution in [0.15, 0.2) is 42.5 Å². The van der Waals surface area contributed by atoms with Crippen molar-refractivity contribution in [2.45, 2.75) is 6.92 Å². The Morgan fingerprint density at radius 2 is 1.79 bits per heavy atom. The van der Waals surface area contributed by atoms with E-state index in [0.717, 1.165) is 11.3 Å². The molecule has 2 nitrogen and oxygen atoms in total. The first-order valence-corrected chi connectivity index (χ1v) is 6.43. The maximum Gasteiger partial charge on any atom is 0.175 e. The fraction of sp³-hybridized carbons (Fsp3) is 0.0714. The zero-order valence-electron chi connectivity index (χ0n) is 10.2. The molecular weight excluding hydrogens is 283 g/mol. The molecule has 5 heteroatoms. The van der Waals surface area contributed by atoms with Crippen LogP contribution in [-0.2, 0) is 0 Å². The number of rotatable bonds is 2. The second kappa shape index (κ2) is 5.99. The molecule has 98 valence electrons. The van der Waals surface area contributed by atoms with Crippen LogP contribution in [0.2, 0.25) is 5.02 Å². The van der Waals surface area contributed by atoms with E-state index in [4.69, 9.17) is 23.8 Å². The van der Waals surface area contributed by atoms with E-state index < -0.39 is 5.82 Å². The molecule has 0 aliphatic carbocycles. The molecule has 0 fully saturated rings. The van der Waals surface area contributed by atoms with E-state index in [1.165, 1.54) is 6.07 Å². The number of thiocarbonyl (C=S) groups is 1. The number of anilines is 2. The first-order chi connectivity index (χ1) is 9.04. The third-order valence-corrected chi connectivity index (χ3v) is 2.93. The van der Waals surface area contributed by atoms with E-state index >= 15 is 0 Å². The summed E-state index contributed by atoms with van der Waals surface area (Å²) in [7, 11) is 0. The average molecular weight is 295 g/mol. The molecule has 2 N–H and O–H groups in total. The van der Waals surface area contributed by atoms with Gasteiger partial charge in [-0.1, -0.05) is 29.3 Å². The number of halogens is 2. The number of hydrogen-bond acceptors (Lipinski definition) is 1. The van der Waals surface area contributed by atoms with E-state index in [1.54, 1.807) is 12.1 Å². The molecule has 2 rings (SSSR count). The third kappa shape index (κ3) is 3.91. The van der Waals surface area contributed by atoms with Gasteiger partial charge in [-0.05, 0) is 49.5 Å². The Hall–Kier alpha value is -1.65. The highest BCUT2D eigenvalue weighted by atomic mass is 35.5. The van der Waals surface area contributed by atoms with Crippen molar-refractivity contribution in [3.8, 4) is 0 Å². The van der Waals surface area contributed by atoms with E-state index in [9.17, 15) is 4.39 Å². The Labute approximate surface area is 121 Å². The Balaban J connectivity index is 2.03. The van der Waals surface area contributed by atoms with Gasteiger partial charge in [0, 0.05) is 10.7 Å². The summed E-state index contributed by atoms with van der Waals surface area (Å²) in [5, 5.41) is 6.44. The van der Waals surface area contributed by atoms with Crippen molar-refractivity contribution >= 4 is 40.3 Å². The van der Waals surface area contributed by atoms with Crippen molar-refractivity contribution < 1.29 is 4.39 Å². The lowest BCUT2D eigenvalue weighted by molar-refractivity contribution is 0.632. The van der Waals surface area contributed by atoms with Crippen LogP contribution in [0.4, 0.5) is 15.8 Å². The summed E-state index contributed by atoms with van der Waals surface area (Å²) in [6, 6.07) is 12.1. The smallest absolute Gasteiger partial charge is 0.175 e. The van der Waals surface area contributed by atoms with Gasteiger partial charge in [-0.3, -0.25) is 0 Å². The summed E-state index contributed by atoms with van der Waals surface area (Å²) < 4.78 is 13.6. The fourth-order valence-electron chi connectivity index (χ4n) is 1.51. The molecule has 0 heterocycles. The van der Waals surface area contributed by atoms with Crippen LogP contribution in [0.25, 0.3) is 0 Å². The van der Waals surface area contributed by atoms with Gasteiger partial charge in [0.05, 0.1) is 5.69 Å². The fourth-order valence-corrected chi connectivity index (χ4v) is 1.90. The van der Waals surface area contributed by atoms with E-state index in [1.807, 2.05) is 31.2 Å². The molecule has 0 aliphatic heterocycles. The van der Waals surface area contributed by atoms with Gasteiger partial charge >= 0.3 is 0 Å². The van der Waals surface area contributed by atoms with Gasteiger partial charge in [-0.25, -0.2) is 4.39 Å². The predicted octanol–water partition coefficient (Wildman–Crippen LogP) is 4.60. The highest BCUT2D eigenvalue weighted by Crippen LogP contribution is 2.19. The summed E-state index contributed by atoms with van der Waals surface area (Å²) in [6.45, 7) is 2.00. The lowest BCUT2D eigenvalue weighted by atomic mass is 10.2. The van der Waals surface area contributed by atoms with Gasteiger partial charge < -0.3 is 10.6 Å². The monoisotopic (exact) mass is 294 g/mol. The predicted molar refractivity (Wildman–Crippen MR) is 82.4 cm³/mol. The van der Waals surface area contributed by atoms with Crippen LogP contribution in [0.3, 0.4) is 0 Å². The molecule has 2 aromatic rings. The summed E-state index contributed by atoms with van der Waals surface area (Å²) in [6.07, 6.45) is 0. The van der Waals surface area contributed by atoms with Gasteiger partial charge in [0.1, 0.15) is 5.82 Å². The number of nitrogens with one attached hydrogen (secondary N) is 2. The SMILES string of the molecule is Cc1ccc(NC(=S)Nc2ccc(Cl)cc2F)cc1. The Kier molecular flexibility index (Phi) is 4.35. The average Bonchev–Trinajstić information content (AvgIpc) is 2.36. The van der Waals surface area contributed by atoms with Crippen molar-refractivity contribution in [1.29, 1.82) is 0 Å². The molecule has 0 bridgehead atoms. The minimum absolute atomic E-state index is 0.286. The van der Waals surface area contributed by atoms with Crippen LogP contribution in [0.1, 0.15) is 5.56 Å². The van der Waals surface area contributed by atoms with E-state index in [-0.39, 0.29) is 5.69 Å². The highest BCUT2D eigenvalue weighted by Gasteiger charge is 2.05. The largest absolute Gasteiger partial charge is 0.332 e. The minimum atomic E-state index is -0.444. The first kappa shape index (κ1) is 13.8. The number of aryl methyl sites for hydroxylation is 1. The maximum atomic E-state index is 13.6. The zero-order valence-corrected chi connectivity index (χ0v) is 11.8. The van der Waals surface area contributed by atoms with Gasteiger partial charge in [0.15, 0.2) is 5.11 Å². The molecule has 0 unspecified atom stereocenters. The molecule has 19 heavy (non-hydrogen) atoms. The van der Waals surface area contributed by atoms with Crippen molar-refractivity contribution in [2.24, 2.45) is 0 Å². The molecule has 2 aromatic carbocycles. The van der Waals surface area contributed by atoms with Gasteiger partial charge in [0.2, 0.25) is 0 Å². The highest BCUT2D eigenvalue weighted by molar-refractivity contribution is 7.80. The second-order valence-electron chi connectivity index (χ2n) is 4.07. The van der Waals surface area contributed by atoms with Crippen LogP contribution < -0.4 is 10.6 Å².